The average Bonchev–Trinajstić information content (AvgIpc) is 2.89. The predicted octanol–water partition coefficient (Wildman–Crippen LogP) is 4.03. The van der Waals surface area contributed by atoms with Gasteiger partial charge in [0.2, 0.25) is 0 Å². The van der Waals surface area contributed by atoms with E-state index in [-0.39, 0.29) is 12.1 Å². The number of rotatable bonds is 5. The maximum absolute atomic E-state index is 14.0. The Morgan fingerprint density at radius 1 is 1.19 bits per heavy atom. The Labute approximate surface area is 190 Å². The highest BCUT2D eigenvalue weighted by atomic mass is 32.2. The number of anilines is 1. The Morgan fingerprint density at radius 3 is 2.62 bits per heavy atom. The van der Waals surface area contributed by atoms with Gasteiger partial charge in [0.25, 0.3) is 0 Å². The van der Waals surface area contributed by atoms with E-state index in [9.17, 15) is 12.8 Å². The summed E-state index contributed by atoms with van der Waals surface area (Å²) in [6.07, 6.45) is 1.48. The molecule has 0 saturated carbocycles. The number of piperidine rings is 1. The SMILES string of the molecule is CC(C)Oc1cccc(CN2CCC3(CC2C)CN(C)S(=O)(=O)N3c2cccc(F)c2)c1. The van der Waals surface area contributed by atoms with E-state index in [1.165, 1.54) is 26.3 Å². The molecule has 2 aliphatic heterocycles. The monoisotopic (exact) mass is 461 g/mol. The van der Waals surface area contributed by atoms with Gasteiger partial charge in [-0.3, -0.25) is 9.21 Å². The van der Waals surface area contributed by atoms with Gasteiger partial charge in [0.05, 0.1) is 17.3 Å². The van der Waals surface area contributed by atoms with Crippen LogP contribution in [0.1, 0.15) is 39.2 Å². The van der Waals surface area contributed by atoms with Crippen LogP contribution in [-0.4, -0.2) is 55.4 Å². The maximum Gasteiger partial charge on any atom is 0.304 e. The highest BCUT2D eigenvalue weighted by Gasteiger charge is 2.55. The molecular weight excluding hydrogens is 429 g/mol. The number of likely N-dealkylation sites (tertiary alicyclic amines) is 1. The minimum atomic E-state index is -3.70. The van der Waals surface area contributed by atoms with Crippen molar-refractivity contribution in [2.24, 2.45) is 0 Å². The molecule has 2 aromatic rings. The number of ether oxygens (including phenoxy) is 1. The molecule has 174 valence electrons. The average molecular weight is 462 g/mol. The molecule has 0 amide bonds. The quantitative estimate of drug-likeness (QED) is 0.675. The van der Waals surface area contributed by atoms with Crippen LogP contribution >= 0.6 is 0 Å². The van der Waals surface area contributed by atoms with Gasteiger partial charge >= 0.3 is 10.2 Å². The van der Waals surface area contributed by atoms with Crippen molar-refractivity contribution in [2.75, 3.05) is 24.4 Å². The van der Waals surface area contributed by atoms with Crippen LogP contribution in [0.4, 0.5) is 10.1 Å². The summed E-state index contributed by atoms with van der Waals surface area (Å²) in [6.45, 7) is 8.10. The van der Waals surface area contributed by atoms with E-state index in [0.29, 0.717) is 25.1 Å². The lowest BCUT2D eigenvalue weighted by Gasteiger charge is -2.47. The zero-order valence-electron chi connectivity index (χ0n) is 19.2. The van der Waals surface area contributed by atoms with Crippen molar-refractivity contribution in [3.8, 4) is 5.75 Å². The fourth-order valence-electron chi connectivity index (χ4n) is 5.09. The largest absolute Gasteiger partial charge is 0.491 e. The van der Waals surface area contributed by atoms with E-state index in [2.05, 4.69) is 24.0 Å². The van der Waals surface area contributed by atoms with Gasteiger partial charge in [-0.1, -0.05) is 18.2 Å². The Morgan fingerprint density at radius 2 is 1.94 bits per heavy atom. The summed E-state index contributed by atoms with van der Waals surface area (Å²) in [6, 6.07) is 14.2. The molecule has 1 spiro atoms. The van der Waals surface area contributed by atoms with E-state index in [0.717, 1.165) is 18.8 Å². The Kier molecular flexibility index (Phi) is 6.22. The molecule has 0 bridgehead atoms. The molecule has 4 rings (SSSR count). The number of benzene rings is 2. The summed E-state index contributed by atoms with van der Waals surface area (Å²) >= 11 is 0. The van der Waals surface area contributed by atoms with Crippen molar-refractivity contribution in [1.82, 2.24) is 9.21 Å². The number of hydrogen-bond donors (Lipinski definition) is 0. The minimum absolute atomic E-state index is 0.120. The molecule has 6 nitrogen and oxygen atoms in total. The van der Waals surface area contributed by atoms with E-state index in [1.807, 2.05) is 26.0 Å². The van der Waals surface area contributed by atoms with Gasteiger partial charge in [-0.05, 0) is 69.5 Å². The van der Waals surface area contributed by atoms with Crippen molar-refractivity contribution in [3.05, 3.63) is 59.9 Å². The molecule has 0 radical (unpaired) electrons. The third-order valence-corrected chi connectivity index (χ3v) is 8.41. The molecule has 8 heteroatoms. The summed E-state index contributed by atoms with van der Waals surface area (Å²) in [5.41, 5.74) is 0.984. The molecule has 2 heterocycles. The van der Waals surface area contributed by atoms with Crippen LogP contribution in [0, 0.1) is 5.82 Å². The number of nitrogens with zero attached hydrogens (tertiary/aromatic N) is 3. The standard InChI is InChI=1S/C24H32FN3O3S/c1-18(2)31-23-10-5-7-20(13-23)16-27-12-11-24(15-19(27)3)17-26(4)32(29,30)28(24)22-9-6-8-21(25)14-22/h5-10,13-14,18-19H,11-12,15-17H2,1-4H3. The molecule has 32 heavy (non-hydrogen) atoms. The molecule has 2 aliphatic rings. The first-order chi connectivity index (χ1) is 15.1. The molecule has 2 aromatic carbocycles. The van der Waals surface area contributed by atoms with Crippen LogP contribution in [0.15, 0.2) is 48.5 Å². The highest BCUT2D eigenvalue weighted by molar-refractivity contribution is 7.90. The molecule has 0 N–H and O–H groups in total. The van der Waals surface area contributed by atoms with Crippen LogP contribution in [0.5, 0.6) is 5.75 Å². The van der Waals surface area contributed by atoms with Gasteiger partial charge in [-0.25, -0.2) is 4.39 Å². The molecular formula is C24H32FN3O3S. The summed E-state index contributed by atoms with van der Waals surface area (Å²) in [5, 5.41) is 0. The van der Waals surface area contributed by atoms with Gasteiger partial charge in [0.1, 0.15) is 11.6 Å². The molecule has 2 saturated heterocycles. The zero-order chi connectivity index (χ0) is 23.1. The van der Waals surface area contributed by atoms with Crippen LogP contribution in [0.25, 0.3) is 0 Å². The summed E-state index contributed by atoms with van der Waals surface area (Å²) in [4.78, 5) is 2.38. The van der Waals surface area contributed by atoms with E-state index < -0.39 is 21.6 Å². The Hall–Kier alpha value is -2.16. The van der Waals surface area contributed by atoms with E-state index >= 15 is 0 Å². The van der Waals surface area contributed by atoms with E-state index in [4.69, 9.17) is 4.74 Å². The second kappa shape index (κ2) is 8.65. The smallest absolute Gasteiger partial charge is 0.304 e. The second-order valence-corrected chi connectivity index (χ2v) is 11.2. The van der Waals surface area contributed by atoms with Gasteiger partial charge in [-0.15, -0.1) is 0 Å². The van der Waals surface area contributed by atoms with Gasteiger partial charge in [0, 0.05) is 32.7 Å². The van der Waals surface area contributed by atoms with Crippen molar-refractivity contribution < 1.29 is 17.5 Å². The number of hydrogen-bond acceptors (Lipinski definition) is 4. The van der Waals surface area contributed by atoms with Crippen LogP contribution in [-0.2, 0) is 16.8 Å². The van der Waals surface area contributed by atoms with Crippen LogP contribution < -0.4 is 9.04 Å². The van der Waals surface area contributed by atoms with Crippen molar-refractivity contribution in [1.29, 1.82) is 0 Å². The first kappa shape index (κ1) is 23.0. The third-order valence-electron chi connectivity index (χ3n) is 6.43. The van der Waals surface area contributed by atoms with Crippen molar-refractivity contribution in [2.45, 2.75) is 57.8 Å². The molecule has 2 atom stereocenters. The molecule has 2 unspecified atom stereocenters. The summed E-state index contributed by atoms with van der Waals surface area (Å²) in [7, 11) is -2.09. The fraction of sp³-hybridized carbons (Fsp3) is 0.500. The van der Waals surface area contributed by atoms with Crippen molar-refractivity contribution in [3.63, 3.8) is 0 Å². The lowest BCUT2D eigenvalue weighted by molar-refractivity contribution is 0.100. The van der Waals surface area contributed by atoms with Crippen LogP contribution in [0.3, 0.4) is 0 Å². The van der Waals surface area contributed by atoms with E-state index in [1.54, 1.807) is 19.2 Å². The third kappa shape index (κ3) is 4.36. The molecule has 2 fully saturated rings. The molecule has 0 aromatic heterocycles. The first-order valence-corrected chi connectivity index (χ1v) is 12.5. The van der Waals surface area contributed by atoms with Crippen molar-refractivity contribution >= 4 is 15.9 Å². The zero-order valence-corrected chi connectivity index (χ0v) is 20.0. The lowest BCUT2D eigenvalue weighted by atomic mass is 9.82. The topological polar surface area (TPSA) is 53.1 Å². The van der Waals surface area contributed by atoms with Gasteiger partial charge in [0.15, 0.2) is 0 Å². The van der Waals surface area contributed by atoms with Crippen LogP contribution in [0.2, 0.25) is 0 Å². The number of likely N-dealkylation sites (N-methyl/N-ethyl adjacent to an activating group) is 1. The summed E-state index contributed by atoms with van der Waals surface area (Å²) in [5.74, 6) is 0.427. The second-order valence-electron chi connectivity index (χ2n) is 9.32. The minimum Gasteiger partial charge on any atom is -0.491 e. The Balaban J connectivity index is 1.56. The maximum atomic E-state index is 14.0. The molecule has 0 aliphatic carbocycles. The first-order valence-electron chi connectivity index (χ1n) is 11.1. The number of halogens is 1. The normalized spacial score (nSPS) is 26.2. The summed E-state index contributed by atoms with van der Waals surface area (Å²) < 4.78 is 49.0. The van der Waals surface area contributed by atoms with Gasteiger partial charge in [-0.2, -0.15) is 12.7 Å². The fourth-order valence-corrected chi connectivity index (χ4v) is 6.87. The highest BCUT2D eigenvalue weighted by Crippen LogP contribution is 2.44. The predicted molar refractivity (Wildman–Crippen MR) is 124 cm³/mol. The lowest BCUT2D eigenvalue weighted by Crippen LogP contribution is -2.57. The Bertz CT molecular complexity index is 1080. The van der Waals surface area contributed by atoms with Gasteiger partial charge < -0.3 is 4.74 Å².